The molecule has 0 aromatic heterocycles. The van der Waals surface area contributed by atoms with Crippen LogP contribution in [0.1, 0.15) is 46.5 Å². The zero-order valence-corrected chi connectivity index (χ0v) is 13.2. The summed E-state index contributed by atoms with van der Waals surface area (Å²) in [6, 6.07) is 0.129. The molecule has 0 N–H and O–H groups in total. The van der Waals surface area contributed by atoms with Crippen LogP contribution in [0.3, 0.4) is 0 Å². The third kappa shape index (κ3) is 3.15. The minimum Gasteiger partial charge on any atom is -0.444 e. The molecule has 4 heteroatoms. The number of rotatable bonds is 1. The van der Waals surface area contributed by atoms with Gasteiger partial charge in [0, 0.05) is 0 Å². The first kappa shape index (κ1) is 14.6. The predicted molar refractivity (Wildman–Crippen MR) is 81.1 cm³/mol. The highest BCUT2D eigenvalue weighted by Gasteiger charge is 2.40. The maximum atomic E-state index is 12.5. The van der Waals surface area contributed by atoms with Gasteiger partial charge in [-0.3, -0.25) is 4.90 Å². The molecule has 0 saturated carbocycles. The molecule has 0 spiro atoms. The number of amides is 1. The van der Waals surface area contributed by atoms with Crippen LogP contribution in [0.25, 0.3) is 0 Å². The number of morpholine rings is 1. The van der Waals surface area contributed by atoms with Crippen molar-refractivity contribution >= 4 is 6.09 Å². The molecule has 1 aliphatic carbocycles. The van der Waals surface area contributed by atoms with Crippen LogP contribution in [0, 0.1) is 0 Å². The Hall–Kier alpha value is -1.29. The minimum atomic E-state index is -0.454. The Kier molecular flexibility index (Phi) is 3.82. The van der Waals surface area contributed by atoms with E-state index in [-0.39, 0.29) is 18.2 Å². The van der Waals surface area contributed by atoms with Crippen molar-refractivity contribution < 1.29 is 14.3 Å². The fourth-order valence-corrected chi connectivity index (χ4v) is 3.40. The quantitative estimate of drug-likeness (QED) is 0.743. The van der Waals surface area contributed by atoms with Gasteiger partial charge in [0.1, 0.15) is 5.60 Å². The SMILES string of the molecule is CC(C)(C)OC(=O)N1C2C=C(C3=CCCC3)CC1COC2. The summed E-state index contributed by atoms with van der Waals surface area (Å²) in [5, 5.41) is 0. The maximum absolute atomic E-state index is 12.5. The highest BCUT2D eigenvalue weighted by molar-refractivity contribution is 5.70. The van der Waals surface area contributed by atoms with Gasteiger partial charge < -0.3 is 9.47 Å². The Labute approximate surface area is 126 Å². The lowest BCUT2D eigenvalue weighted by atomic mass is 9.89. The first-order valence-electron chi connectivity index (χ1n) is 7.93. The van der Waals surface area contributed by atoms with Gasteiger partial charge in [-0.25, -0.2) is 4.79 Å². The lowest BCUT2D eigenvalue weighted by Crippen LogP contribution is -2.57. The third-order valence-corrected chi connectivity index (χ3v) is 4.26. The highest BCUT2D eigenvalue weighted by atomic mass is 16.6. The molecule has 4 nitrogen and oxygen atoms in total. The largest absolute Gasteiger partial charge is 0.444 e. The third-order valence-electron chi connectivity index (χ3n) is 4.26. The average Bonchev–Trinajstić information content (AvgIpc) is 2.88. The van der Waals surface area contributed by atoms with E-state index in [1.165, 1.54) is 30.4 Å². The van der Waals surface area contributed by atoms with Crippen LogP contribution in [0.15, 0.2) is 23.3 Å². The summed E-state index contributed by atoms with van der Waals surface area (Å²) >= 11 is 0. The van der Waals surface area contributed by atoms with Crippen LogP contribution >= 0.6 is 0 Å². The first-order valence-corrected chi connectivity index (χ1v) is 7.93. The number of hydrogen-bond donors (Lipinski definition) is 0. The highest BCUT2D eigenvalue weighted by Crippen LogP contribution is 2.35. The summed E-state index contributed by atoms with van der Waals surface area (Å²) in [7, 11) is 0. The Morgan fingerprint density at radius 3 is 2.76 bits per heavy atom. The zero-order valence-electron chi connectivity index (χ0n) is 13.2. The topological polar surface area (TPSA) is 38.8 Å². The molecule has 0 aromatic rings. The molecule has 116 valence electrons. The molecule has 3 aliphatic rings. The van der Waals surface area contributed by atoms with Gasteiger partial charge in [-0.2, -0.15) is 0 Å². The molecule has 0 radical (unpaired) electrons. The number of allylic oxidation sites excluding steroid dienone is 2. The summed E-state index contributed by atoms with van der Waals surface area (Å²) < 4.78 is 11.2. The van der Waals surface area contributed by atoms with E-state index >= 15 is 0 Å². The Bertz CT molecular complexity index is 487. The van der Waals surface area contributed by atoms with Gasteiger partial charge in [0.25, 0.3) is 0 Å². The zero-order chi connectivity index (χ0) is 15.0. The van der Waals surface area contributed by atoms with Gasteiger partial charge in [-0.05, 0) is 57.6 Å². The average molecular weight is 291 g/mol. The monoisotopic (exact) mass is 291 g/mol. The van der Waals surface area contributed by atoms with E-state index in [0.29, 0.717) is 13.2 Å². The molecule has 2 heterocycles. The van der Waals surface area contributed by atoms with Gasteiger partial charge in [0.15, 0.2) is 0 Å². The maximum Gasteiger partial charge on any atom is 0.411 e. The second-order valence-corrected chi connectivity index (χ2v) is 7.16. The predicted octanol–water partition coefficient (Wildman–Crippen LogP) is 3.43. The van der Waals surface area contributed by atoms with Crippen molar-refractivity contribution in [3.8, 4) is 0 Å². The smallest absolute Gasteiger partial charge is 0.411 e. The van der Waals surface area contributed by atoms with Crippen LogP contribution in [-0.4, -0.2) is 41.9 Å². The minimum absolute atomic E-state index is 0.0175. The molecule has 1 amide bonds. The van der Waals surface area contributed by atoms with Gasteiger partial charge in [-0.1, -0.05) is 12.2 Å². The molecule has 2 atom stereocenters. The molecule has 0 aromatic carbocycles. The standard InChI is InChI=1S/C17H25NO3/c1-17(2,3)21-16(19)18-14-8-13(12-6-4-5-7-12)9-15(18)11-20-10-14/h6,8,14-15H,4-5,7,9-11H2,1-3H3. The number of nitrogens with zero attached hydrogens (tertiary/aromatic N) is 1. The van der Waals surface area contributed by atoms with Crippen molar-refractivity contribution in [2.24, 2.45) is 0 Å². The molecule has 2 aliphatic heterocycles. The van der Waals surface area contributed by atoms with Crippen molar-refractivity contribution in [3.63, 3.8) is 0 Å². The number of fused-ring (bicyclic) bond motifs is 2. The van der Waals surface area contributed by atoms with Crippen molar-refractivity contribution in [2.75, 3.05) is 13.2 Å². The summed E-state index contributed by atoms with van der Waals surface area (Å²) in [6.45, 7) is 6.91. The van der Waals surface area contributed by atoms with Crippen molar-refractivity contribution in [2.45, 2.75) is 64.1 Å². The van der Waals surface area contributed by atoms with E-state index in [2.05, 4.69) is 12.2 Å². The number of ether oxygens (including phenoxy) is 2. The molecule has 1 saturated heterocycles. The van der Waals surface area contributed by atoms with Gasteiger partial charge >= 0.3 is 6.09 Å². The summed E-state index contributed by atoms with van der Waals surface area (Å²) in [5.41, 5.74) is 2.45. The molecular formula is C17H25NO3. The molecule has 1 fully saturated rings. The van der Waals surface area contributed by atoms with Crippen molar-refractivity contribution in [3.05, 3.63) is 23.3 Å². The Morgan fingerprint density at radius 2 is 2.14 bits per heavy atom. The molecule has 2 bridgehead atoms. The van der Waals surface area contributed by atoms with Gasteiger partial charge in [0.05, 0.1) is 25.3 Å². The molecule has 3 rings (SSSR count). The summed E-state index contributed by atoms with van der Waals surface area (Å²) in [5.74, 6) is 0. The van der Waals surface area contributed by atoms with Gasteiger partial charge in [-0.15, -0.1) is 0 Å². The van der Waals surface area contributed by atoms with Gasteiger partial charge in [0.2, 0.25) is 0 Å². The van der Waals surface area contributed by atoms with Crippen LogP contribution in [0.4, 0.5) is 4.79 Å². The first-order chi connectivity index (χ1) is 9.94. The van der Waals surface area contributed by atoms with E-state index in [0.717, 1.165) is 6.42 Å². The van der Waals surface area contributed by atoms with Crippen LogP contribution in [0.5, 0.6) is 0 Å². The van der Waals surface area contributed by atoms with E-state index < -0.39 is 5.60 Å². The Balaban J connectivity index is 1.79. The Morgan fingerprint density at radius 1 is 1.33 bits per heavy atom. The van der Waals surface area contributed by atoms with E-state index in [9.17, 15) is 4.79 Å². The molecule has 2 unspecified atom stereocenters. The van der Waals surface area contributed by atoms with E-state index in [1.54, 1.807) is 0 Å². The summed E-state index contributed by atoms with van der Waals surface area (Å²) in [6.07, 6.45) is 8.88. The fraction of sp³-hybridized carbons (Fsp3) is 0.706. The summed E-state index contributed by atoms with van der Waals surface area (Å²) in [4.78, 5) is 14.3. The lowest BCUT2D eigenvalue weighted by molar-refractivity contribution is -0.0532. The fourth-order valence-electron chi connectivity index (χ4n) is 3.40. The van der Waals surface area contributed by atoms with E-state index in [4.69, 9.17) is 9.47 Å². The van der Waals surface area contributed by atoms with Crippen LogP contribution in [0.2, 0.25) is 0 Å². The lowest BCUT2D eigenvalue weighted by Gasteiger charge is -2.44. The second-order valence-electron chi connectivity index (χ2n) is 7.16. The molecule has 21 heavy (non-hydrogen) atoms. The molecular weight excluding hydrogens is 266 g/mol. The second kappa shape index (κ2) is 5.48. The number of hydrogen-bond acceptors (Lipinski definition) is 3. The van der Waals surface area contributed by atoms with Crippen LogP contribution < -0.4 is 0 Å². The van der Waals surface area contributed by atoms with Crippen LogP contribution in [-0.2, 0) is 9.47 Å². The van der Waals surface area contributed by atoms with Crippen molar-refractivity contribution in [1.29, 1.82) is 0 Å². The normalized spacial score (nSPS) is 29.0. The van der Waals surface area contributed by atoms with E-state index in [1.807, 2.05) is 25.7 Å². The van der Waals surface area contributed by atoms with Crippen molar-refractivity contribution in [1.82, 2.24) is 4.90 Å². The number of carbonyl (C=O) groups excluding carboxylic acids is 1. The number of carbonyl (C=O) groups is 1.